The van der Waals surface area contributed by atoms with E-state index in [1.807, 2.05) is 107 Å². The topological polar surface area (TPSA) is 180 Å². The van der Waals surface area contributed by atoms with Gasteiger partial charge in [-0.25, -0.2) is 26.3 Å². The van der Waals surface area contributed by atoms with Crippen LogP contribution in [0, 0.1) is 40.8 Å². The fourth-order valence-corrected chi connectivity index (χ4v) is 11.1. The molecule has 1 unspecified atom stereocenters. The van der Waals surface area contributed by atoms with Gasteiger partial charge in [0.2, 0.25) is 0 Å². The highest BCUT2D eigenvalue weighted by atomic mass is 19.2. The molecular weight excluding hydrogens is 1310 g/mol. The van der Waals surface area contributed by atoms with Crippen LogP contribution < -0.4 is 0 Å². The molecular formula is C84H76F6O12. The van der Waals surface area contributed by atoms with Crippen molar-refractivity contribution in [1.82, 2.24) is 0 Å². The zero-order valence-corrected chi connectivity index (χ0v) is 56.6. The summed E-state index contributed by atoms with van der Waals surface area (Å²) in [5.74, 6) is -6.80. The predicted molar refractivity (Wildman–Crippen MR) is 378 cm³/mol. The van der Waals surface area contributed by atoms with E-state index in [4.69, 9.17) is 18.9 Å². The zero-order chi connectivity index (χ0) is 73.2. The standard InChI is InChI=1S/C26H22F2O3.C26H18F2O3.C20H20F2O3.C12H16O3/c2*27-23-11-8-19(15-24(23)28)25(30)12-5-16-1-3-17(4-2-16)13-20-7-6-18-14-21(29)9-10-22(18)26(20)31;1-3-24-20(25-4-2)15-8-5-14(6-9-15)7-12-19(23)16-10-11-17(21)18(22)13-16;1-3-14-12(15-4-2)11-7-5-10(9-13)6-8-11/h1-4,8-11,14-15,20,29H,5-7,12-13H2;1-5,8-15,29H,6-7H2;5-13,20H,3-4H2,1-2H3;5-9,12H,3-4H2,1-2H3/b;12-5+,20-13+;12-7+;. The Morgan fingerprint density at radius 2 is 0.882 bits per heavy atom. The molecule has 9 aromatic carbocycles. The van der Waals surface area contributed by atoms with Gasteiger partial charge in [-0.15, -0.1) is 0 Å². The van der Waals surface area contributed by atoms with E-state index in [1.54, 1.807) is 66.7 Å². The van der Waals surface area contributed by atoms with Crippen LogP contribution in [0.5, 0.6) is 11.5 Å². The second kappa shape index (κ2) is 38.2. The van der Waals surface area contributed by atoms with Crippen molar-refractivity contribution < 1.29 is 84.3 Å². The summed E-state index contributed by atoms with van der Waals surface area (Å²) < 4.78 is 101. The number of allylic oxidation sites excluding steroid dienone is 3. The van der Waals surface area contributed by atoms with E-state index in [-0.39, 0.29) is 64.2 Å². The normalized spacial score (nSPS) is 13.6. The van der Waals surface area contributed by atoms with Crippen molar-refractivity contribution in [3.63, 3.8) is 0 Å². The Kier molecular flexibility index (Phi) is 28.8. The van der Waals surface area contributed by atoms with Crippen LogP contribution in [0.15, 0.2) is 206 Å². The molecule has 0 spiro atoms. The van der Waals surface area contributed by atoms with E-state index >= 15 is 0 Å². The lowest BCUT2D eigenvalue weighted by molar-refractivity contribution is -0.140. The number of hydrogen-bond acceptors (Lipinski definition) is 12. The number of halogens is 6. The summed E-state index contributed by atoms with van der Waals surface area (Å²) in [5, 5.41) is 19.2. The van der Waals surface area contributed by atoms with Crippen molar-refractivity contribution in [3.05, 3.63) is 324 Å². The smallest absolute Gasteiger partial charge is 0.189 e. The lowest BCUT2D eigenvalue weighted by atomic mass is 9.79. The molecule has 0 amide bonds. The number of phenolic OH excluding ortho intramolecular Hbond substituents is 2. The third-order valence-corrected chi connectivity index (χ3v) is 16.5. The number of phenols is 2. The molecule has 0 radical (unpaired) electrons. The first kappa shape index (κ1) is 77.0. The van der Waals surface area contributed by atoms with Crippen LogP contribution in [-0.4, -0.2) is 71.8 Å². The molecule has 102 heavy (non-hydrogen) atoms. The van der Waals surface area contributed by atoms with E-state index in [9.17, 15) is 65.3 Å². The van der Waals surface area contributed by atoms with Crippen LogP contribution in [-0.2, 0) is 44.6 Å². The van der Waals surface area contributed by atoms with Crippen molar-refractivity contribution in [1.29, 1.82) is 0 Å². The Morgan fingerprint density at radius 3 is 1.35 bits per heavy atom. The van der Waals surface area contributed by atoms with E-state index in [0.29, 0.717) is 74.4 Å². The summed E-state index contributed by atoms with van der Waals surface area (Å²) in [7, 11) is 0. The number of fused-ring (bicyclic) bond motifs is 2. The quantitative estimate of drug-likeness (QED) is 0.0192. The molecule has 0 saturated carbocycles. The maximum atomic E-state index is 13.3. The Balaban J connectivity index is 0.000000178. The summed E-state index contributed by atoms with van der Waals surface area (Å²) in [6.07, 6.45) is 11.9. The summed E-state index contributed by atoms with van der Waals surface area (Å²) in [6.45, 7) is 9.90. The number of aldehydes is 1. The fourth-order valence-electron chi connectivity index (χ4n) is 11.1. The number of rotatable bonds is 24. The molecule has 0 fully saturated rings. The van der Waals surface area contributed by atoms with Gasteiger partial charge in [-0.3, -0.25) is 28.8 Å². The van der Waals surface area contributed by atoms with Gasteiger partial charge < -0.3 is 29.2 Å². The molecule has 0 heterocycles. The van der Waals surface area contributed by atoms with Crippen LogP contribution in [0.4, 0.5) is 26.3 Å². The van der Waals surface area contributed by atoms with E-state index in [2.05, 4.69) is 0 Å². The Hall–Kier alpha value is -10.8. The number of aryl methyl sites for hydroxylation is 3. The highest BCUT2D eigenvalue weighted by molar-refractivity contribution is 6.13. The summed E-state index contributed by atoms with van der Waals surface area (Å²) in [5.41, 5.74) is 11.0. The molecule has 2 aliphatic carbocycles. The number of hydrogen-bond donors (Lipinski definition) is 2. The summed E-state index contributed by atoms with van der Waals surface area (Å²) >= 11 is 0. The minimum absolute atomic E-state index is 0.0395. The van der Waals surface area contributed by atoms with Crippen molar-refractivity contribution in [2.24, 2.45) is 5.92 Å². The maximum Gasteiger partial charge on any atom is 0.189 e. The lowest BCUT2D eigenvalue weighted by Gasteiger charge is -2.23. The lowest BCUT2D eigenvalue weighted by Crippen LogP contribution is -2.24. The predicted octanol–water partition coefficient (Wildman–Crippen LogP) is 18.8. The SMILES string of the molecule is CCOC(OCC)c1ccc(/C=C/C(=O)c2ccc(F)c(F)c2)cc1.CCOC(OCC)c1ccc(C=O)cc1.O=C(/C=C/c1ccc(/C=C2\CCc3cc(O)ccc3C2=O)cc1)c1ccc(F)c(F)c1.O=C(CCc1ccc(CC2CCc3cc(O)ccc3C2=O)cc1)c1ccc(F)c(F)c1. The van der Waals surface area contributed by atoms with Gasteiger partial charge in [-0.05, 0) is 214 Å². The molecule has 1 atom stereocenters. The van der Waals surface area contributed by atoms with Crippen LogP contribution in [0.25, 0.3) is 18.2 Å². The van der Waals surface area contributed by atoms with Crippen molar-refractivity contribution in [3.8, 4) is 11.5 Å². The third-order valence-electron chi connectivity index (χ3n) is 16.5. The van der Waals surface area contributed by atoms with E-state index in [1.165, 1.54) is 36.4 Å². The monoisotopic (exact) mass is 1390 g/mol. The molecule has 18 heteroatoms. The first-order chi connectivity index (χ1) is 49.2. The van der Waals surface area contributed by atoms with Gasteiger partial charge in [0, 0.05) is 88.8 Å². The number of Topliss-reactive ketones (excluding diaryl/α,β-unsaturated/α-hetero) is 3. The molecule has 2 N–H and O–H groups in total. The average molecular weight is 1390 g/mol. The molecule has 2 aliphatic rings. The van der Waals surface area contributed by atoms with E-state index in [0.717, 1.165) is 106 Å². The van der Waals surface area contributed by atoms with Gasteiger partial charge in [-0.1, -0.05) is 109 Å². The number of carbonyl (C=O) groups is 6. The summed E-state index contributed by atoms with van der Waals surface area (Å²) in [4.78, 5) is 72.3. The van der Waals surface area contributed by atoms with Gasteiger partial charge >= 0.3 is 0 Å². The first-order valence-corrected chi connectivity index (χ1v) is 33.2. The van der Waals surface area contributed by atoms with Crippen molar-refractivity contribution in [2.75, 3.05) is 26.4 Å². The van der Waals surface area contributed by atoms with E-state index < -0.39 is 52.8 Å². The highest BCUT2D eigenvalue weighted by Crippen LogP contribution is 2.32. The van der Waals surface area contributed by atoms with Crippen molar-refractivity contribution >= 4 is 53.4 Å². The molecule has 0 bridgehead atoms. The Morgan fingerprint density at radius 1 is 0.461 bits per heavy atom. The molecule has 0 aromatic heterocycles. The Labute approximate surface area is 588 Å². The van der Waals surface area contributed by atoms with Crippen LogP contribution >= 0.6 is 0 Å². The Bertz CT molecular complexity index is 4480. The van der Waals surface area contributed by atoms with Gasteiger partial charge in [0.1, 0.15) is 17.8 Å². The van der Waals surface area contributed by atoms with Crippen LogP contribution in [0.3, 0.4) is 0 Å². The second-order valence-corrected chi connectivity index (χ2v) is 23.6. The van der Waals surface area contributed by atoms with Crippen LogP contribution in [0.1, 0.15) is 172 Å². The first-order valence-electron chi connectivity index (χ1n) is 33.2. The van der Waals surface area contributed by atoms with Gasteiger partial charge in [0.15, 0.2) is 76.4 Å². The number of ether oxygens (including phenoxy) is 4. The number of carbonyl (C=O) groups excluding carboxylic acids is 6. The fraction of sp³-hybridized carbons (Fsp3) is 0.214. The zero-order valence-electron chi connectivity index (χ0n) is 56.6. The minimum atomic E-state index is -1.06. The molecule has 0 saturated heterocycles. The average Bonchev–Trinajstić information content (AvgIpc) is 0.805. The molecule has 11 rings (SSSR count). The largest absolute Gasteiger partial charge is 0.508 e. The molecule has 526 valence electrons. The molecule has 9 aromatic rings. The number of ketones is 5. The minimum Gasteiger partial charge on any atom is -0.508 e. The molecule has 12 nitrogen and oxygen atoms in total. The summed E-state index contributed by atoms with van der Waals surface area (Å²) in [6, 6.07) is 48.7. The van der Waals surface area contributed by atoms with Gasteiger partial charge in [-0.2, -0.15) is 0 Å². The number of benzene rings is 9. The van der Waals surface area contributed by atoms with Crippen LogP contribution in [0.2, 0.25) is 0 Å². The van der Waals surface area contributed by atoms with Gasteiger partial charge in [0.25, 0.3) is 0 Å². The second-order valence-electron chi connectivity index (χ2n) is 23.6. The number of aromatic hydroxyl groups is 2. The van der Waals surface area contributed by atoms with Crippen molar-refractivity contribution in [2.45, 2.75) is 85.2 Å². The highest BCUT2D eigenvalue weighted by Gasteiger charge is 2.28. The maximum absolute atomic E-state index is 13.3. The van der Waals surface area contributed by atoms with Gasteiger partial charge in [0.05, 0.1) is 0 Å². The third kappa shape index (κ3) is 22.1. The molecule has 0 aliphatic heterocycles.